The fourth-order valence-electron chi connectivity index (χ4n) is 2.00. The second-order valence-corrected chi connectivity index (χ2v) is 5.71. The van der Waals surface area contributed by atoms with Crippen LogP contribution in [0.15, 0.2) is 59.3 Å². The molecule has 0 unspecified atom stereocenters. The zero-order valence-electron chi connectivity index (χ0n) is 12.5. The molecule has 0 aliphatic rings. The van der Waals surface area contributed by atoms with Gasteiger partial charge in [-0.1, -0.05) is 28.1 Å². The molecule has 0 aliphatic heterocycles. The number of hydrogen-bond acceptors (Lipinski definition) is 6. The second-order valence-electron chi connectivity index (χ2n) is 4.79. The Kier molecular flexibility index (Phi) is 4.85. The van der Waals surface area contributed by atoms with Gasteiger partial charge in [0.25, 0.3) is 0 Å². The molecule has 0 atom stereocenters. The number of aromatic nitrogens is 2. The summed E-state index contributed by atoms with van der Waals surface area (Å²) in [7, 11) is 0. The van der Waals surface area contributed by atoms with Gasteiger partial charge in [0, 0.05) is 4.47 Å². The van der Waals surface area contributed by atoms with E-state index in [9.17, 15) is 14.5 Å². The van der Waals surface area contributed by atoms with E-state index in [0.29, 0.717) is 5.75 Å². The van der Waals surface area contributed by atoms with E-state index < -0.39 is 16.4 Å². The molecule has 1 N–H and O–H groups in total. The van der Waals surface area contributed by atoms with Crippen molar-refractivity contribution in [3.63, 3.8) is 0 Å². The predicted molar refractivity (Wildman–Crippen MR) is 92.6 cm³/mol. The van der Waals surface area contributed by atoms with E-state index in [1.165, 1.54) is 18.2 Å². The average molecular weight is 405 g/mol. The lowest BCUT2D eigenvalue weighted by Crippen LogP contribution is -2.04. The van der Waals surface area contributed by atoms with Crippen molar-refractivity contribution in [1.29, 1.82) is 0 Å². The third kappa shape index (κ3) is 3.89. The van der Waals surface area contributed by atoms with Gasteiger partial charge in [-0.15, -0.1) is 0 Å². The second kappa shape index (κ2) is 7.22. The molecule has 3 rings (SSSR count). The van der Waals surface area contributed by atoms with Gasteiger partial charge in [0.15, 0.2) is 0 Å². The predicted octanol–water partition coefficient (Wildman–Crippen LogP) is 4.82. The molecule has 0 bridgehead atoms. The molecular formula is C16H10BrFN4O3. The Morgan fingerprint density at radius 3 is 2.52 bits per heavy atom. The number of halogens is 2. The molecule has 1 aromatic heterocycles. The molecular weight excluding hydrogens is 395 g/mol. The van der Waals surface area contributed by atoms with Gasteiger partial charge in [-0.2, -0.15) is 4.98 Å². The highest BCUT2D eigenvalue weighted by atomic mass is 79.9. The van der Waals surface area contributed by atoms with Gasteiger partial charge in [-0.25, -0.2) is 9.37 Å². The Morgan fingerprint density at radius 1 is 1.12 bits per heavy atom. The number of rotatable bonds is 5. The maximum Gasteiger partial charge on any atom is 0.373 e. The SMILES string of the molecule is O=[N+]([O-])c1c(Nc2ccccc2F)ncnc1Oc1ccc(Br)cc1. The number of nitrogens with one attached hydrogen (secondary N) is 1. The molecule has 0 spiro atoms. The zero-order valence-corrected chi connectivity index (χ0v) is 14.1. The highest BCUT2D eigenvalue weighted by Gasteiger charge is 2.25. The maximum absolute atomic E-state index is 13.8. The van der Waals surface area contributed by atoms with Gasteiger partial charge in [0.1, 0.15) is 17.9 Å². The van der Waals surface area contributed by atoms with Crippen molar-refractivity contribution in [3.8, 4) is 11.6 Å². The van der Waals surface area contributed by atoms with Crippen LogP contribution in [0.4, 0.5) is 21.6 Å². The summed E-state index contributed by atoms with van der Waals surface area (Å²) in [5, 5.41) is 14.1. The van der Waals surface area contributed by atoms with E-state index in [0.717, 1.165) is 10.8 Å². The molecule has 3 aromatic rings. The van der Waals surface area contributed by atoms with Crippen molar-refractivity contribution in [2.75, 3.05) is 5.32 Å². The highest BCUT2D eigenvalue weighted by Crippen LogP contribution is 2.35. The minimum Gasteiger partial charge on any atom is -0.434 e. The van der Waals surface area contributed by atoms with Crippen LogP contribution >= 0.6 is 15.9 Å². The van der Waals surface area contributed by atoms with Crippen LogP contribution in [0.2, 0.25) is 0 Å². The third-order valence-corrected chi connectivity index (χ3v) is 3.66. The lowest BCUT2D eigenvalue weighted by atomic mass is 10.3. The van der Waals surface area contributed by atoms with Crippen molar-refractivity contribution in [3.05, 3.63) is 75.3 Å². The molecule has 2 aromatic carbocycles. The topological polar surface area (TPSA) is 90.2 Å². The standard InChI is InChI=1S/C16H10BrFN4O3/c17-10-5-7-11(8-6-10)25-16-14(22(23)24)15(19-9-20-16)21-13-4-2-1-3-12(13)18/h1-9H,(H,19,20,21). The number of ether oxygens (including phenoxy) is 1. The Bertz CT molecular complexity index is 922. The number of anilines is 2. The maximum atomic E-state index is 13.8. The zero-order chi connectivity index (χ0) is 17.8. The molecule has 9 heteroatoms. The summed E-state index contributed by atoms with van der Waals surface area (Å²) in [4.78, 5) is 18.4. The molecule has 0 aliphatic carbocycles. The lowest BCUT2D eigenvalue weighted by Gasteiger charge is -2.10. The summed E-state index contributed by atoms with van der Waals surface area (Å²) in [6, 6.07) is 12.5. The largest absolute Gasteiger partial charge is 0.434 e. The van der Waals surface area contributed by atoms with Crippen LogP contribution in [0.5, 0.6) is 11.6 Å². The molecule has 0 saturated heterocycles. The van der Waals surface area contributed by atoms with Crippen LogP contribution in [-0.2, 0) is 0 Å². The van der Waals surface area contributed by atoms with E-state index in [-0.39, 0.29) is 17.4 Å². The van der Waals surface area contributed by atoms with Gasteiger partial charge >= 0.3 is 11.6 Å². The fraction of sp³-hybridized carbons (Fsp3) is 0. The summed E-state index contributed by atoms with van der Waals surface area (Å²) in [6.07, 6.45) is 1.10. The quantitative estimate of drug-likeness (QED) is 0.484. The first-order valence-corrected chi connectivity index (χ1v) is 7.78. The Morgan fingerprint density at radius 2 is 1.84 bits per heavy atom. The summed E-state index contributed by atoms with van der Waals surface area (Å²) in [5.74, 6) is -0.619. The monoisotopic (exact) mass is 404 g/mol. The summed E-state index contributed by atoms with van der Waals surface area (Å²) in [5.41, 5.74) is -0.437. The van der Waals surface area contributed by atoms with E-state index in [2.05, 4.69) is 31.2 Å². The van der Waals surface area contributed by atoms with Crippen molar-refractivity contribution in [2.24, 2.45) is 0 Å². The average Bonchev–Trinajstić information content (AvgIpc) is 2.59. The van der Waals surface area contributed by atoms with Crippen LogP contribution < -0.4 is 10.1 Å². The van der Waals surface area contributed by atoms with Crippen molar-refractivity contribution < 1.29 is 14.1 Å². The van der Waals surface area contributed by atoms with E-state index >= 15 is 0 Å². The molecule has 126 valence electrons. The van der Waals surface area contributed by atoms with Crippen LogP contribution in [-0.4, -0.2) is 14.9 Å². The van der Waals surface area contributed by atoms with E-state index in [1.54, 1.807) is 30.3 Å². The Hall–Kier alpha value is -3.07. The first-order valence-electron chi connectivity index (χ1n) is 6.99. The van der Waals surface area contributed by atoms with Crippen molar-refractivity contribution >= 4 is 33.1 Å². The van der Waals surface area contributed by atoms with Crippen LogP contribution in [0.25, 0.3) is 0 Å². The normalized spacial score (nSPS) is 10.3. The van der Waals surface area contributed by atoms with Gasteiger partial charge in [0.2, 0.25) is 5.82 Å². The molecule has 0 amide bonds. The highest BCUT2D eigenvalue weighted by molar-refractivity contribution is 9.10. The number of nitrogens with zero attached hydrogens (tertiary/aromatic N) is 3. The number of hydrogen-bond donors (Lipinski definition) is 1. The molecule has 25 heavy (non-hydrogen) atoms. The van der Waals surface area contributed by atoms with E-state index in [1.807, 2.05) is 0 Å². The fourth-order valence-corrected chi connectivity index (χ4v) is 2.26. The summed E-state index contributed by atoms with van der Waals surface area (Å²) >= 11 is 3.29. The molecule has 0 saturated carbocycles. The summed E-state index contributed by atoms with van der Waals surface area (Å²) < 4.78 is 20.1. The van der Waals surface area contributed by atoms with Crippen molar-refractivity contribution in [1.82, 2.24) is 9.97 Å². The minimum absolute atomic E-state index is 0.0545. The lowest BCUT2D eigenvalue weighted by molar-refractivity contribution is -0.385. The minimum atomic E-state index is -0.683. The molecule has 1 heterocycles. The Balaban J connectivity index is 1.98. The molecule has 0 radical (unpaired) electrons. The number of nitro groups is 1. The van der Waals surface area contributed by atoms with Gasteiger partial charge in [-0.05, 0) is 36.4 Å². The molecule has 0 fully saturated rings. The van der Waals surface area contributed by atoms with Crippen LogP contribution in [0.1, 0.15) is 0 Å². The summed E-state index contributed by atoms with van der Waals surface area (Å²) in [6.45, 7) is 0. The van der Waals surface area contributed by atoms with Gasteiger partial charge < -0.3 is 10.1 Å². The number of benzene rings is 2. The smallest absolute Gasteiger partial charge is 0.373 e. The third-order valence-electron chi connectivity index (χ3n) is 3.13. The van der Waals surface area contributed by atoms with E-state index in [4.69, 9.17) is 4.74 Å². The first kappa shape index (κ1) is 16.8. The van der Waals surface area contributed by atoms with Crippen LogP contribution in [0, 0.1) is 15.9 Å². The van der Waals surface area contributed by atoms with Crippen molar-refractivity contribution in [2.45, 2.75) is 0 Å². The van der Waals surface area contributed by atoms with Gasteiger partial charge in [-0.3, -0.25) is 10.1 Å². The Labute approximate surface area is 149 Å². The molecule has 7 nitrogen and oxygen atoms in total. The van der Waals surface area contributed by atoms with Crippen LogP contribution in [0.3, 0.4) is 0 Å². The van der Waals surface area contributed by atoms with Gasteiger partial charge in [0.05, 0.1) is 10.6 Å². The first-order chi connectivity index (χ1) is 12.0. The number of para-hydroxylation sites is 1.